The second-order valence-electron chi connectivity index (χ2n) is 6.17. The third-order valence-electron chi connectivity index (χ3n) is 3.85. The van der Waals surface area contributed by atoms with E-state index in [-0.39, 0.29) is 50.5 Å². The molecule has 0 radical (unpaired) electrons. The highest BCUT2D eigenvalue weighted by Gasteiger charge is 2.26. The van der Waals surface area contributed by atoms with Crippen molar-refractivity contribution in [2.45, 2.75) is 27.2 Å². The molecule has 0 spiro atoms. The van der Waals surface area contributed by atoms with Crippen molar-refractivity contribution in [2.24, 2.45) is 5.92 Å². The van der Waals surface area contributed by atoms with Crippen LogP contribution in [-0.4, -0.2) is 64.9 Å². The van der Waals surface area contributed by atoms with E-state index in [2.05, 4.69) is 25.3 Å². The lowest BCUT2D eigenvalue weighted by molar-refractivity contribution is -0.142. The molecule has 2 rings (SSSR count). The van der Waals surface area contributed by atoms with Gasteiger partial charge in [0, 0.05) is 12.8 Å². The van der Waals surface area contributed by atoms with Crippen molar-refractivity contribution in [3.8, 4) is 6.01 Å². The maximum Gasteiger partial charge on any atom is 0.330 e. The molecular weight excluding hydrogens is 417 g/mol. The largest absolute Gasteiger partial charge is 0.465 e. The van der Waals surface area contributed by atoms with Crippen molar-refractivity contribution in [3.05, 3.63) is 6.20 Å². The van der Waals surface area contributed by atoms with E-state index in [1.807, 2.05) is 0 Å². The van der Waals surface area contributed by atoms with Crippen molar-refractivity contribution in [1.82, 2.24) is 19.9 Å². The summed E-state index contributed by atoms with van der Waals surface area (Å²) in [5.74, 6) is -0.576. The van der Waals surface area contributed by atoms with Crippen LogP contribution in [0.4, 0.5) is 5.95 Å². The van der Waals surface area contributed by atoms with Crippen molar-refractivity contribution in [2.75, 3.05) is 37.9 Å². The molecule has 0 bridgehead atoms. The van der Waals surface area contributed by atoms with Crippen molar-refractivity contribution in [1.29, 1.82) is 0 Å². The number of aromatic nitrogens is 4. The number of anilines is 1. The van der Waals surface area contributed by atoms with Gasteiger partial charge in [0.2, 0.25) is 12.4 Å². The molecule has 0 aromatic carbocycles. The molecule has 12 nitrogen and oxygen atoms in total. The molecule has 0 aliphatic carbocycles. The number of ether oxygens (including phenoxy) is 2. The minimum atomic E-state index is -3.23. The molecule has 2 aromatic heterocycles. The normalized spacial score (nSPS) is 12.5. The van der Waals surface area contributed by atoms with Crippen LogP contribution in [0.15, 0.2) is 6.20 Å². The highest BCUT2D eigenvalue weighted by Crippen LogP contribution is 2.49. The summed E-state index contributed by atoms with van der Waals surface area (Å²) in [5, 5.41) is 2.34. The van der Waals surface area contributed by atoms with Gasteiger partial charge in [0.15, 0.2) is 5.65 Å². The summed E-state index contributed by atoms with van der Waals surface area (Å²) < 4.78 is 34.1. The number of nitrogens with one attached hydrogen (secondary N) is 2. The van der Waals surface area contributed by atoms with Crippen molar-refractivity contribution < 1.29 is 32.7 Å². The third-order valence-corrected chi connectivity index (χ3v) is 5.96. The Morgan fingerprint density at radius 1 is 1.27 bits per heavy atom. The SMILES string of the molecule is CCOP(=O)(CCC(COC(C)=O)COc1nc2nc(NC=O)ncc2[nH]1)OCC. The minimum Gasteiger partial charge on any atom is -0.465 e. The number of imidazole rings is 1. The zero-order valence-corrected chi connectivity index (χ0v) is 18.0. The average molecular weight is 443 g/mol. The van der Waals surface area contributed by atoms with E-state index in [9.17, 15) is 14.2 Å². The van der Waals surface area contributed by atoms with E-state index in [0.717, 1.165) is 0 Å². The number of carbonyl (C=O) groups excluding carboxylic acids is 2. The summed E-state index contributed by atoms with van der Waals surface area (Å²) in [7, 11) is -3.23. The predicted molar refractivity (Wildman–Crippen MR) is 107 cm³/mol. The second-order valence-corrected chi connectivity index (χ2v) is 8.36. The number of carbonyl (C=O) groups is 2. The van der Waals surface area contributed by atoms with Gasteiger partial charge in [-0.2, -0.15) is 9.97 Å². The monoisotopic (exact) mass is 443 g/mol. The van der Waals surface area contributed by atoms with Gasteiger partial charge in [-0.1, -0.05) is 0 Å². The first kappa shape index (κ1) is 23.7. The Bertz CT molecular complexity index is 881. The van der Waals surface area contributed by atoms with E-state index < -0.39 is 13.6 Å². The van der Waals surface area contributed by atoms with Gasteiger partial charge in [-0.3, -0.25) is 19.5 Å². The molecule has 2 heterocycles. The van der Waals surface area contributed by atoms with E-state index in [0.29, 0.717) is 24.0 Å². The molecule has 13 heteroatoms. The van der Waals surface area contributed by atoms with Gasteiger partial charge in [0.25, 0.3) is 6.01 Å². The number of rotatable bonds is 14. The van der Waals surface area contributed by atoms with Gasteiger partial charge < -0.3 is 23.5 Å². The highest BCUT2D eigenvalue weighted by atomic mass is 31.2. The Balaban J connectivity index is 2.02. The van der Waals surface area contributed by atoms with E-state index in [1.54, 1.807) is 13.8 Å². The first-order chi connectivity index (χ1) is 14.4. The number of amides is 1. The molecule has 166 valence electrons. The van der Waals surface area contributed by atoms with E-state index >= 15 is 0 Å². The molecule has 0 saturated heterocycles. The summed E-state index contributed by atoms with van der Waals surface area (Å²) >= 11 is 0. The maximum atomic E-state index is 12.7. The first-order valence-electron chi connectivity index (χ1n) is 9.46. The van der Waals surface area contributed by atoms with E-state index in [4.69, 9.17) is 18.5 Å². The Labute approximate surface area is 173 Å². The fourth-order valence-corrected chi connectivity index (χ4v) is 4.32. The fraction of sp³-hybridized carbons (Fsp3) is 0.588. The summed E-state index contributed by atoms with van der Waals surface area (Å²) in [4.78, 5) is 36.8. The number of hydrogen-bond acceptors (Lipinski definition) is 10. The summed E-state index contributed by atoms with van der Waals surface area (Å²) in [5.41, 5.74) is 0.841. The number of esters is 1. The van der Waals surface area contributed by atoms with Gasteiger partial charge in [0.1, 0.15) is 5.52 Å². The topological polar surface area (TPSA) is 155 Å². The Kier molecular flexibility index (Phi) is 9.15. The van der Waals surface area contributed by atoms with Gasteiger partial charge in [-0.05, 0) is 20.3 Å². The Hall–Kier alpha value is -2.56. The molecule has 0 saturated carbocycles. The molecule has 1 unspecified atom stereocenters. The summed E-state index contributed by atoms with van der Waals surface area (Å²) in [6, 6.07) is 0.188. The van der Waals surface area contributed by atoms with Gasteiger partial charge in [-0.25, -0.2) is 4.98 Å². The quantitative estimate of drug-likeness (QED) is 0.252. The summed E-state index contributed by atoms with van der Waals surface area (Å²) in [6.45, 7) is 5.55. The fourth-order valence-electron chi connectivity index (χ4n) is 2.52. The first-order valence-corrected chi connectivity index (χ1v) is 11.2. The molecule has 1 amide bonds. The van der Waals surface area contributed by atoms with Crippen LogP contribution in [-0.2, 0) is 27.9 Å². The maximum absolute atomic E-state index is 12.7. The lowest BCUT2D eigenvalue weighted by atomic mass is 10.1. The highest BCUT2D eigenvalue weighted by molar-refractivity contribution is 7.53. The number of nitrogens with zero attached hydrogens (tertiary/aromatic N) is 3. The van der Waals surface area contributed by atoms with Crippen LogP contribution >= 0.6 is 7.60 Å². The van der Waals surface area contributed by atoms with Crippen molar-refractivity contribution >= 4 is 37.1 Å². The smallest absolute Gasteiger partial charge is 0.330 e. The molecule has 2 aromatic rings. The zero-order valence-electron chi connectivity index (χ0n) is 17.1. The van der Waals surface area contributed by atoms with Crippen LogP contribution < -0.4 is 10.1 Å². The standard InChI is InChI=1S/C17H26N5O7P/c1-4-28-30(25,29-5-2)7-6-13(9-26-12(3)24)10-27-17-20-14-8-18-16(19-11-23)21-15(14)22-17/h8,11,13H,4-7,9-10H2,1-3H3,(H2,18,19,20,21,22,23). The number of H-pyrrole nitrogens is 1. The van der Waals surface area contributed by atoms with Crippen LogP contribution in [0.2, 0.25) is 0 Å². The van der Waals surface area contributed by atoms with Crippen LogP contribution in [0, 0.1) is 5.92 Å². The Morgan fingerprint density at radius 3 is 2.63 bits per heavy atom. The van der Waals surface area contributed by atoms with Crippen LogP contribution in [0.5, 0.6) is 6.01 Å². The van der Waals surface area contributed by atoms with Gasteiger partial charge in [-0.15, -0.1) is 0 Å². The third kappa shape index (κ3) is 7.36. The molecule has 0 fully saturated rings. The minimum absolute atomic E-state index is 0.0843. The molecule has 30 heavy (non-hydrogen) atoms. The van der Waals surface area contributed by atoms with Gasteiger partial charge >= 0.3 is 13.6 Å². The lowest BCUT2D eigenvalue weighted by Gasteiger charge is -2.21. The molecule has 0 aliphatic rings. The number of hydrogen-bond donors (Lipinski definition) is 2. The molecule has 0 aliphatic heterocycles. The van der Waals surface area contributed by atoms with Crippen LogP contribution in [0.3, 0.4) is 0 Å². The number of fused-ring (bicyclic) bond motifs is 1. The van der Waals surface area contributed by atoms with Crippen LogP contribution in [0.25, 0.3) is 11.2 Å². The second kappa shape index (κ2) is 11.6. The zero-order chi connectivity index (χ0) is 22.0. The molecule has 2 N–H and O–H groups in total. The lowest BCUT2D eigenvalue weighted by Crippen LogP contribution is -2.21. The summed E-state index contributed by atoms with van der Waals surface area (Å²) in [6.07, 6.45) is 2.48. The van der Waals surface area contributed by atoms with E-state index in [1.165, 1.54) is 13.1 Å². The predicted octanol–water partition coefficient (Wildman–Crippen LogP) is 2.14. The van der Waals surface area contributed by atoms with Gasteiger partial charge in [0.05, 0.1) is 38.8 Å². The Morgan fingerprint density at radius 2 is 2.00 bits per heavy atom. The number of aromatic amines is 1. The average Bonchev–Trinajstić information content (AvgIpc) is 3.10. The molecule has 1 atom stereocenters. The van der Waals surface area contributed by atoms with Crippen molar-refractivity contribution in [3.63, 3.8) is 0 Å². The van der Waals surface area contributed by atoms with Crippen LogP contribution in [0.1, 0.15) is 27.2 Å². The molecular formula is C17H26N5O7P.